The normalized spacial score (nSPS) is 11.0. The first-order valence-corrected chi connectivity index (χ1v) is 2.18. The Morgan fingerprint density at radius 3 is 2.38 bits per heavy atom. The van der Waals surface area contributed by atoms with E-state index in [-0.39, 0.29) is 0 Å². The average Bonchev–Trinajstić information content (AvgIpc) is 1.67. The van der Waals surface area contributed by atoms with Crippen LogP contribution in [-0.2, 0) is 9.53 Å². The highest BCUT2D eigenvalue weighted by molar-refractivity contribution is 5.90. The Morgan fingerprint density at radius 1 is 1.75 bits per heavy atom. The van der Waals surface area contributed by atoms with Crippen LogP contribution in [0.4, 0.5) is 0 Å². The lowest BCUT2D eigenvalue weighted by molar-refractivity contribution is -0.114. The third kappa shape index (κ3) is 2.23. The molecule has 0 bridgehead atoms. The van der Waals surface area contributed by atoms with Gasteiger partial charge in [-0.15, -0.1) is 0 Å². The molecule has 0 aliphatic heterocycles. The van der Waals surface area contributed by atoms with Crippen LogP contribution in [-0.4, -0.2) is 13.0 Å². The van der Waals surface area contributed by atoms with Crippen molar-refractivity contribution in [3.05, 3.63) is 11.8 Å². The maximum absolute atomic E-state index is 10.2. The Kier molecular flexibility index (Phi) is 2.69. The molecule has 0 aliphatic carbocycles. The number of methoxy groups -OCH3 is 1. The molecule has 0 radical (unpaired) electrons. The van der Waals surface area contributed by atoms with Gasteiger partial charge in [-0.1, -0.05) is 0 Å². The summed E-state index contributed by atoms with van der Waals surface area (Å²) < 4.78 is 4.50. The third-order valence-electron chi connectivity index (χ3n) is 0.683. The van der Waals surface area contributed by atoms with E-state index in [2.05, 4.69) is 4.74 Å². The van der Waals surface area contributed by atoms with Crippen molar-refractivity contribution in [3.63, 3.8) is 0 Å². The Morgan fingerprint density at radius 2 is 2.25 bits per heavy atom. The van der Waals surface area contributed by atoms with Crippen molar-refractivity contribution in [2.75, 3.05) is 7.11 Å². The van der Waals surface area contributed by atoms with Crippen molar-refractivity contribution in [2.45, 2.75) is 6.92 Å². The summed E-state index contributed by atoms with van der Waals surface area (Å²) in [7, 11) is 1.46. The molecule has 1 amide bonds. The zero-order valence-electron chi connectivity index (χ0n) is 4.97. The molecule has 0 unspecified atom stereocenters. The van der Waals surface area contributed by atoms with Gasteiger partial charge in [-0.05, 0) is 6.92 Å². The van der Waals surface area contributed by atoms with Gasteiger partial charge >= 0.3 is 0 Å². The zero-order chi connectivity index (χ0) is 6.57. The molecule has 0 spiro atoms. The monoisotopic (exact) mass is 115 g/mol. The fourth-order valence-corrected chi connectivity index (χ4v) is 0.235. The number of ether oxygens (including phenoxy) is 1. The molecule has 0 aliphatic rings. The second-order valence-corrected chi connectivity index (χ2v) is 1.40. The topological polar surface area (TPSA) is 52.3 Å². The fraction of sp³-hybridized carbons (Fsp3) is 0.400. The van der Waals surface area contributed by atoms with Gasteiger partial charge < -0.3 is 10.5 Å². The minimum absolute atomic E-state index is 0.424. The van der Waals surface area contributed by atoms with Gasteiger partial charge in [0.25, 0.3) is 0 Å². The average molecular weight is 115 g/mol. The molecule has 0 heterocycles. The highest BCUT2D eigenvalue weighted by Gasteiger charge is 1.93. The first-order chi connectivity index (χ1) is 3.68. The molecular formula is C5H9NO2. The molecule has 0 atom stereocenters. The largest absolute Gasteiger partial charge is 0.504 e. The van der Waals surface area contributed by atoms with Crippen LogP contribution >= 0.6 is 0 Å². The molecule has 0 aromatic rings. The lowest BCUT2D eigenvalue weighted by atomic mass is 10.3. The molecule has 3 heteroatoms. The van der Waals surface area contributed by atoms with Gasteiger partial charge in [0.15, 0.2) is 0 Å². The molecule has 0 aromatic heterocycles. The minimum Gasteiger partial charge on any atom is -0.504 e. The first kappa shape index (κ1) is 7.01. The van der Waals surface area contributed by atoms with E-state index in [9.17, 15) is 4.79 Å². The molecule has 46 valence electrons. The second-order valence-electron chi connectivity index (χ2n) is 1.40. The van der Waals surface area contributed by atoms with Crippen LogP contribution in [0.1, 0.15) is 6.92 Å². The molecule has 0 fully saturated rings. The number of nitrogens with two attached hydrogens (primary N) is 1. The van der Waals surface area contributed by atoms with Crippen LogP contribution in [0.3, 0.4) is 0 Å². The van der Waals surface area contributed by atoms with Crippen molar-refractivity contribution >= 4 is 5.91 Å². The maximum atomic E-state index is 10.2. The van der Waals surface area contributed by atoms with E-state index in [1.165, 1.54) is 13.4 Å². The summed E-state index contributed by atoms with van der Waals surface area (Å²) in [5, 5.41) is 0. The molecular weight excluding hydrogens is 106 g/mol. The molecule has 0 rings (SSSR count). The van der Waals surface area contributed by atoms with Crippen molar-refractivity contribution in [1.82, 2.24) is 0 Å². The summed E-state index contributed by atoms with van der Waals surface area (Å²) in [5.41, 5.74) is 5.26. The summed E-state index contributed by atoms with van der Waals surface area (Å²) in [6.07, 6.45) is 1.31. The van der Waals surface area contributed by atoms with Crippen molar-refractivity contribution in [2.24, 2.45) is 5.73 Å². The van der Waals surface area contributed by atoms with Crippen molar-refractivity contribution in [3.8, 4) is 0 Å². The Labute approximate surface area is 48.1 Å². The first-order valence-electron chi connectivity index (χ1n) is 2.18. The number of carbonyl (C=O) groups excluding carboxylic acids is 1. The number of hydrogen-bond donors (Lipinski definition) is 1. The molecule has 2 N–H and O–H groups in total. The maximum Gasteiger partial charge on any atom is 0.247 e. The van der Waals surface area contributed by atoms with Crippen molar-refractivity contribution in [1.29, 1.82) is 0 Å². The van der Waals surface area contributed by atoms with E-state index in [0.29, 0.717) is 5.57 Å². The Hall–Kier alpha value is -0.990. The number of hydrogen-bond acceptors (Lipinski definition) is 2. The Bertz CT molecular complexity index is 118. The number of carbonyl (C=O) groups is 1. The molecule has 3 nitrogen and oxygen atoms in total. The number of rotatable bonds is 2. The lowest BCUT2D eigenvalue weighted by Crippen LogP contribution is -2.11. The highest BCUT2D eigenvalue weighted by Crippen LogP contribution is 1.87. The standard InChI is InChI=1S/C5H9NO2/c1-4(3-8-2)5(6)7/h3H,1-2H3,(H2,6,7)/b4-3+. The van der Waals surface area contributed by atoms with Gasteiger partial charge in [0, 0.05) is 5.57 Å². The fourth-order valence-electron chi connectivity index (χ4n) is 0.235. The van der Waals surface area contributed by atoms with E-state index in [4.69, 9.17) is 5.73 Å². The zero-order valence-corrected chi connectivity index (χ0v) is 4.97. The van der Waals surface area contributed by atoms with Crippen LogP contribution in [0.2, 0.25) is 0 Å². The van der Waals surface area contributed by atoms with E-state index in [1.807, 2.05) is 0 Å². The highest BCUT2D eigenvalue weighted by atomic mass is 16.5. The van der Waals surface area contributed by atoms with Crippen LogP contribution < -0.4 is 5.73 Å². The van der Waals surface area contributed by atoms with Crippen molar-refractivity contribution < 1.29 is 9.53 Å². The van der Waals surface area contributed by atoms with Gasteiger partial charge in [0.05, 0.1) is 13.4 Å². The van der Waals surface area contributed by atoms with Gasteiger partial charge in [0.1, 0.15) is 0 Å². The Balaban J connectivity index is 3.80. The minimum atomic E-state index is -0.452. The second kappa shape index (κ2) is 3.07. The van der Waals surface area contributed by atoms with Gasteiger partial charge in [-0.2, -0.15) is 0 Å². The predicted molar refractivity (Wildman–Crippen MR) is 30.0 cm³/mol. The summed E-state index contributed by atoms with van der Waals surface area (Å²) in [5.74, 6) is -0.452. The number of primary amides is 1. The third-order valence-corrected chi connectivity index (χ3v) is 0.683. The van der Waals surface area contributed by atoms with Crippen LogP contribution in [0, 0.1) is 0 Å². The molecule has 8 heavy (non-hydrogen) atoms. The van der Waals surface area contributed by atoms with E-state index < -0.39 is 5.91 Å². The van der Waals surface area contributed by atoms with Gasteiger partial charge in [-0.25, -0.2) is 0 Å². The van der Waals surface area contributed by atoms with Crippen LogP contribution in [0.15, 0.2) is 11.8 Å². The van der Waals surface area contributed by atoms with Crippen LogP contribution in [0.5, 0.6) is 0 Å². The number of amides is 1. The molecule has 0 aromatic carbocycles. The van der Waals surface area contributed by atoms with Gasteiger partial charge in [-0.3, -0.25) is 4.79 Å². The molecule has 0 saturated carbocycles. The SMILES string of the molecule is CO/C=C(\C)C(N)=O. The predicted octanol–water partition coefficient (Wildman–Crippen LogP) is 0.0219. The summed E-state index contributed by atoms with van der Waals surface area (Å²) in [4.78, 5) is 10.2. The summed E-state index contributed by atoms with van der Waals surface area (Å²) >= 11 is 0. The molecule has 0 saturated heterocycles. The van der Waals surface area contributed by atoms with Gasteiger partial charge in [0.2, 0.25) is 5.91 Å². The van der Waals surface area contributed by atoms with E-state index >= 15 is 0 Å². The van der Waals surface area contributed by atoms with E-state index in [0.717, 1.165) is 0 Å². The van der Waals surface area contributed by atoms with Crippen LogP contribution in [0.25, 0.3) is 0 Å². The summed E-state index contributed by atoms with van der Waals surface area (Å²) in [6, 6.07) is 0. The van der Waals surface area contributed by atoms with E-state index in [1.54, 1.807) is 6.92 Å². The quantitative estimate of drug-likeness (QED) is 0.407. The smallest absolute Gasteiger partial charge is 0.247 e. The summed E-state index contributed by atoms with van der Waals surface area (Å²) in [6.45, 7) is 1.59. The lowest BCUT2D eigenvalue weighted by Gasteiger charge is -1.90.